The number of hydrogen-bond donors (Lipinski definition) is 1. The number of pyridine rings is 3. The summed E-state index contributed by atoms with van der Waals surface area (Å²) in [4.78, 5) is 13.1. The number of anilines is 1. The van der Waals surface area contributed by atoms with Crippen molar-refractivity contribution in [3.05, 3.63) is 66.4 Å². The summed E-state index contributed by atoms with van der Waals surface area (Å²) in [5.41, 5.74) is 11.0. The first-order valence-corrected chi connectivity index (χ1v) is 7.75. The van der Waals surface area contributed by atoms with Crippen molar-refractivity contribution in [2.24, 2.45) is 0 Å². The Balaban J connectivity index is 1.84. The number of hydrogen-bond acceptors (Lipinski definition) is 4. The molecule has 0 unspecified atom stereocenters. The van der Waals surface area contributed by atoms with Crippen LogP contribution in [0.5, 0.6) is 0 Å². The minimum atomic E-state index is 0.554. The van der Waals surface area contributed by atoms with E-state index in [1.54, 1.807) is 12.4 Å². The fourth-order valence-corrected chi connectivity index (χ4v) is 2.98. The third kappa shape index (κ3) is 2.22. The molecule has 24 heavy (non-hydrogen) atoms. The molecule has 0 bridgehead atoms. The highest BCUT2D eigenvalue weighted by atomic mass is 15.1. The monoisotopic (exact) mass is 315 g/mol. The lowest BCUT2D eigenvalue weighted by Gasteiger charge is -2.12. The van der Waals surface area contributed by atoms with E-state index in [0.29, 0.717) is 5.82 Å². The van der Waals surface area contributed by atoms with Gasteiger partial charge < -0.3 is 5.73 Å². The van der Waals surface area contributed by atoms with Gasteiger partial charge in [0.05, 0.1) is 11.7 Å². The Hall–Kier alpha value is -3.21. The van der Waals surface area contributed by atoms with E-state index in [9.17, 15) is 0 Å². The third-order valence-electron chi connectivity index (χ3n) is 4.35. The summed E-state index contributed by atoms with van der Waals surface area (Å²) in [7, 11) is 0. The van der Waals surface area contributed by atoms with Gasteiger partial charge in [-0.15, -0.1) is 0 Å². The SMILES string of the molecule is Cc1nc(-n2ccc3ccncc32)ccc1-c1ccnc(N)c1C. The van der Waals surface area contributed by atoms with Gasteiger partial charge in [-0.25, -0.2) is 9.97 Å². The van der Waals surface area contributed by atoms with E-state index in [4.69, 9.17) is 10.7 Å². The average molecular weight is 315 g/mol. The predicted octanol–water partition coefficient (Wildman–Crippen LogP) is 3.68. The second-order valence-corrected chi connectivity index (χ2v) is 5.79. The quantitative estimate of drug-likeness (QED) is 0.612. The second-order valence-electron chi connectivity index (χ2n) is 5.79. The maximum atomic E-state index is 5.93. The number of aromatic nitrogens is 4. The fourth-order valence-electron chi connectivity index (χ4n) is 2.98. The van der Waals surface area contributed by atoms with Crippen molar-refractivity contribution in [1.82, 2.24) is 19.5 Å². The van der Waals surface area contributed by atoms with Gasteiger partial charge in [-0.3, -0.25) is 9.55 Å². The first-order valence-electron chi connectivity index (χ1n) is 7.75. The molecule has 0 fully saturated rings. The zero-order valence-electron chi connectivity index (χ0n) is 13.6. The molecule has 2 N–H and O–H groups in total. The molecule has 0 aliphatic carbocycles. The number of aryl methyl sites for hydroxylation is 1. The van der Waals surface area contributed by atoms with Gasteiger partial charge in [0, 0.05) is 35.2 Å². The predicted molar refractivity (Wildman–Crippen MR) is 96.0 cm³/mol. The Morgan fingerprint density at radius 3 is 2.67 bits per heavy atom. The number of rotatable bonds is 2. The normalized spacial score (nSPS) is 11.1. The van der Waals surface area contributed by atoms with E-state index >= 15 is 0 Å². The largest absolute Gasteiger partial charge is 0.383 e. The molecule has 0 saturated carbocycles. The van der Waals surface area contributed by atoms with E-state index < -0.39 is 0 Å². The van der Waals surface area contributed by atoms with Crippen molar-refractivity contribution in [2.75, 3.05) is 5.73 Å². The molecular weight excluding hydrogens is 298 g/mol. The first-order chi connectivity index (χ1) is 11.6. The lowest BCUT2D eigenvalue weighted by Crippen LogP contribution is -2.01. The molecule has 4 rings (SSSR count). The maximum absolute atomic E-state index is 5.93. The van der Waals surface area contributed by atoms with Gasteiger partial charge in [-0.2, -0.15) is 0 Å². The van der Waals surface area contributed by atoms with Crippen LogP contribution in [0.4, 0.5) is 5.82 Å². The van der Waals surface area contributed by atoms with E-state index in [1.807, 2.05) is 49.0 Å². The van der Waals surface area contributed by atoms with Gasteiger partial charge in [-0.05, 0) is 55.3 Å². The zero-order chi connectivity index (χ0) is 16.7. The van der Waals surface area contributed by atoms with Crippen LogP contribution >= 0.6 is 0 Å². The molecule has 4 aromatic heterocycles. The summed E-state index contributed by atoms with van der Waals surface area (Å²) >= 11 is 0. The average Bonchev–Trinajstić information content (AvgIpc) is 3.02. The Morgan fingerprint density at radius 2 is 1.83 bits per heavy atom. The molecule has 5 nitrogen and oxygen atoms in total. The van der Waals surface area contributed by atoms with Crippen LogP contribution in [0.2, 0.25) is 0 Å². The van der Waals surface area contributed by atoms with Gasteiger partial charge in [0.1, 0.15) is 11.6 Å². The number of nitrogens with two attached hydrogens (primary N) is 1. The van der Waals surface area contributed by atoms with Gasteiger partial charge in [0.15, 0.2) is 0 Å². The van der Waals surface area contributed by atoms with Crippen molar-refractivity contribution in [3.8, 4) is 16.9 Å². The summed E-state index contributed by atoms with van der Waals surface area (Å²) in [5, 5.41) is 1.14. The van der Waals surface area contributed by atoms with Gasteiger partial charge in [0.25, 0.3) is 0 Å². The lowest BCUT2D eigenvalue weighted by atomic mass is 10.0. The Labute approximate surface area is 139 Å². The van der Waals surface area contributed by atoms with Crippen LogP contribution in [-0.4, -0.2) is 19.5 Å². The summed E-state index contributed by atoms with van der Waals surface area (Å²) < 4.78 is 2.05. The number of nitrogen functional groups attached to an aromatic ring is 1. The van der Waals surface area contributed by atoms with Crippen LogP contribution in [0.15, 0.2) is 55.1 Å². The van der Waals surface area contributed by atoms with E-state index in [0.717, 1.165) is 39.1 Å². The van der Waals surface area contributed by atoms with Gasteiger partial charge >= 0.3 is 0 Å². The summed E-state index contributed by atoms with van der Waals surface area (Å²) in [6, 6.07) is 10.1. The van der Waals surface area contributed by atoms with Crippen LogP contribution < -0.4 is 5.73 Å². The molecular formula is C19H17N5. The second kappa shape index (κ2) is 5.45. The molecule has 0 aromatic carbocycles. The molecule has 0 saturated heterocycles. The van der Waals surface area contributed by atoms with Crippen LogP contribution in [0.3, 0.4) is 0 Å². The molecule has 4 aromatic rings. The van der Waals surface area contributed by atoms with Gasteiger partial charge in [-0.1, -0.05) is 0 Å². The third-order valence-corrected chi connectivity index (χ3v) is 4.35. The van der Waals surface area contributed by atoms with Crippen LogP contribution in [-0.2, 0) is 0 Å². The first kappa shape index (κ1) is 14.4. The number of fused-ring (bicyclic) bond motifs is 1. The van der Waals surface area contributed by atoms with Crippen molar-refractivity contribution >= 4 is 16.7 Å². The Morgan fingerprint density at radius 1 is 0.958 bits per heavy atom. The molecule has 0 spiro atoms. The highest BCUT2D eigenvalue weighted by Gasteiger charge is 2.11. The smallest absolute Gasteiger partial charge is 0.137 e. The van der Waals surface area contributed by atoms with E-state index in [-0.39, 0.29) is 0 Å². The highest BCUT2D eigenvalue weighted by Crippen LogP contribution is 2.29. The molecule has 4 heterocycles. The van der Waals surface area contributed by atoms with E-state index in [1.165, 1.54) is 0 Å². The summed E-state index contributed by atoms with van der Waals surface area (Å²) in [6.45, 7) is 4.00. The summed E-state index contributed by atoms with van der Waals surface area (Å²) in [5.74, 6) is 1.43. The summed E-state index contributed by atoms with van der Waals surface area (Å²) in [6.07, 6.45) is 7.40. The molecule has 0 radical (unpaired) electrons. The number of nitrogens with zero attached hydrogens (tertiary/aromatic N) is 4. The van der Waals surface area contributed by atoms with Crippen LogP contribution in [0.25, 0.3) is 27.8 Å². The van der Waals surface area contributed by atoms with Crippen molar-refractivity contribution in [3.63, 3.8) is 0 Å². The standard InChI is InChI=1S/C19H17N5/c1-12-15(6-9-22-19(12)20)16-3-4-18(23-13(16)2)24-10-7-14-5-8-21-11-17(14)24/h3-11H,1-2H3,(H2,20,22). The van der Waals surface area contributed by atoms with Gasteiger partial charge in [0.2, 0.25) is 0 Å². The van der Waals surface area contributed by atoms with Crippen molar-refractivity contribution in [2.45, 2.75) is 13.8 Å². The fraction of sp³-hybridized carbons (Fsp3) is 0.105. The molecule has 0 aliphatic rings. The van der Waals surface area contributed by atoms with Crippen molar-refractivity contribution in [1.29, 1.82) is 0 Å². The molecule has 0 aliphatic heterocycles. The minimum Gasteiger partial charge on any atom is -0.383 e. The highest BCUT2D eigenvalue weighted by molar-refractivity contribution is 5.81. The molecule has 5 heteroatoms. The topological polar surface area (TPSA) is 69.6 Å². The Kier molecular flexibility index (Phi) is 3.27. The minimum absolute atomic E-state index is 0.554. The van der Waals surface area contributed by atoms with Crippen LogP contribution in [0.1, 0.15) is 11.3 Å². The van der Waals surface area contributed by atoms with Crippen LogP contribution in [0, 0.1) is 13.8 Å². The molecule has 0 atom stereocenters. The maximum Gasteiger partial charge on any atom is 0.137 e. The van der Waals surface area contributed by atoms with Crippen molar-refractivity contribution < 1.29 is 0 Å². The molecule has 0 amide bonds. The Bertz CT molecular complexity index is 1050. The zero-order valence-corrected chi connectivity index (χ0v) is 13.6. The van der Waals surface area contributed by atoms with E-state index in [2.05, 4.69) is 22.1 Å². The lowest BCUT2D eigenvalue weighted by molar-refractivity contribution is 1.02. The molecule has 118 valence electrons.